The second-order valence-corrected chi connectivity index (χ2v) is 5.05. The van der Waals surface area contributed by atoms with E-state index in [1.807, 2.05) is 0 Å². The van der Waals surface area contributed by atoms with Crippen molar-refractivity contribution in [3.63, 3.8) is 0 Å². The molecule has 2 nitrogen and oxygen atoms in total. The lowest BCUT2D eigenvalue weighted by molar-refractivity contribution is 0.509. The van der Waals surface area contributed by atoms with Crippen LogP contribution < -0.4 is 5.32 Å². The number of unbranched alkanes of at least 4 members (excludes halogenated alkanes) is 1. The third-order valence-electron chi connectivity index (χ3n) is 3.64. The van der Waals surface area contributed by atoms with Gasteiger partial charge >= 0.3 is 0 Å². The number of nitrogens with one attached hydrogen (secondary N) is 1. The fourth-order valence-electron chi connectivity index (χ4n) is 2.41. The zero-order valence-electron chi connectivity index (χ0n) is 12.1. The first-order valence-corrected chi connectivity index (χ1v) is 6.99. The molecule has 0 amide bonds. The lowest BCUT2D eigenvalue weighted by atomic mass is 10.2. The summed E-state index contributed by atoms with van der Waals surface area (Å²) >= 11 is 0. The highest BCUT2D eigenvalue weighted by molar-refractivity contribution is 5.27. The van der Waals surface area contributed by atoms with E-state index < -0.39 is 0 Å². The normalized spacial score (nSPS) is 13.0. The Kier molecular flexibility index (Phi) is 5.76. The Balaban J connectivity index is 2.68. The first kappa shape index (κ1) is 14.3. The summed E-state index contributed by atoms with van der Waals surface area (Å²) in [6.45, 7) is 13.4. The van der Waals surface area contributed by atoms with Gasteiger partial charge in [0.05, 0.1) is 0 Å². The van der Waals surface area contributed by atoms with Crippen LogP contribution in [0.3, 0.4) is 0 Å². The monoisotopic (exact) mass is 236 g/mol. The van der Waals surface area contributed by atoms with Gasteiger partial charge in [-0.15, -0.1) is 0 Å². The molecule has 0 spiro atoms. The number of nitrogens with zero attached hydrogens (tertiary/aromatic N) is 1. The maximum atomic E-state index is 3.53. The Hall–Kier alpha value is -0.760. The summed E-state index contributed by atoms with van der Waals surface area (Å²) in [7, 11) is 0. The molecule has 1 atom stereocenters. The van der Waals surface area contributed by atoms with Crippen molar-refractivity contribution in [2.45, 2.75) is 66.5 Å². The Morgan fingerprint density at radius 3 is 2.59 bits per heavy atom. The molecule has 1 rings (SSSR count). The molecule has 0 fully saturated rings. The Bertz CT molecular complexity index is 339. The minimum Gasteiger partial charge on any atom is -0.346 e. The van der Waals surface area contributed by atoms with Gasteiger partial charge in [-0.05, 0) is 51.8 Å². The van der Waals surface area contributed by atoms with E-state index >= 15 is 0 Å². The largest absolute Gasteiger partial charge is 0.346 e. The summed E-state index contributed by atoms with van der Waals surface area (Å²) in [6, 6.07) is 2.94. The van der Waals surface area contributed by atoms with Crippen molar-refractivity contribution < 1.29 is 0 Å². The van der Waals surface area contributed by atoms with Gasteiger partial charge in [-0.1, -0.05) is 20.3 Å². The van der Waals surface area contributed by atoms with Crippen molar-refractivity contribution >= 4 is 0 Å². The molecule has 0 radical (unpaired) electrons. The molecule has 0 unspecified atom stereocenters. The van der Waals surface area contributed by atoms with Gasteiger partial charge in [0.1, 0.15) is 0 Å². The van der Waals surface area contributed by atoms with Crippen LogP contribution >= 0.6 is 0 Å². The molecular weight excluding hydrogens is 208 g/mol. The second kappa shape index (κ2) is 6.85. The van der Waals surface area contributed by atoms with Gasteiger partial charge in [-0.2, -0.15) is 0 Å². The van der Waals surface area contributed by atoms with Gasteiger partial charge in [0, 0.05) is 24.0 Å². The molecular formula is C15H28N2. The molecule has 1 aromatic heterocycles. The van der Waals surface area contributed by atoms with E-state index in [9.17, 15) is 0 Å². The van der Waals surface area contributed by atoms with E-state index in [1.165, 1.54) is 36.2 Å². The second-order valence-electron chi connectivity index (χ2n) is 5.05. The number of aryl methyl sites for hydroxylation is 1. The number of hydrogen-bond donors (Lipinski definition) is 1. The van der Waals surface area contributed by atoms with Crippen molar-refractivity contribution in [1.29, 1.82) is 0 Å². The van der Waals surface area contributed by atoms with Crippen LogP contribution in [0.4, 0.5) is 0 Å². The van der Waals surface area contributed by atoms with Crippen molar-refractivity contribution in [2.75, 3.05) is 6.54 Å². The van der Waals surface area contributed by atoms with E-state index in [2.05, 4.69) is 50.6 Å². The topological polar surface area (TPSA) is 17.0 Å². The van der Waals surface area contributed by atoms with Crippen LogP contribution in [0.1, 0.15) is 63.0 Å². The number of rotatable bonds is 7. The molecule has 98 valence electrons. The number of aromatic nitrogens is 1. The van der Waals surface area contributed by atoms with Gasteiger partial charge in [0.2, 0.25) is 0 Å². The predicted octanol–water partition coefficient (Wildman–Crippen LogP) is 3.97. The first-order valence-electron chi connectivity index (χ1n) is 6.99. The van der Waals surface area contributed by atoms with E-state index in [1.54, 1.807) is 0 Å². The lowest BCUT2D eigenvalue weighted by Crippen LogP contribution is -2.15. The SMILES string of the molecule is CCCCNCc1cc(C)n([C@H](C)CC)c1C. The van der Waals surface area contributed by atoms with Crippen molar-refractivity contribution in [2.24, 2.45) is 0 Å². The number of hydrogen-bond acceptors (Lipinski definition) is 1. The molecule has 0 aliphatic heterocycles. The maximum absolute atomic E-state index is 3.53. The van der Waals surface area contributed by atoms with Gasteiger partial charge in [-0.25, -0.2) is 0 Å². The third kappa shape index (κ3) is 3.60. The molecule has 0 aliphatic carbocycles. The average molecular weight is 236 g/mol. The highest BCUT2D eigenvalue weighted by atomic mass is 15.0. The summed E-state index contributed by atoms with van der Waals surface area (Å²) in [5, 5.41) is 3.53. The van der Waals surface area contributed by atoms with Crippen LogP contribution in [0.5, 0.6) is 0 Å². The predicted molar refractivity (Wildman–Crippen MR) is 75.5 cm³/mol. The molecule has 0 aliphatic rings. The van der Waals surface area contributed by atoms with Gasteiger partial charge in [-0.3, -0.25) is 0 Å². The summed E-state index contributed by atoms with van der Waals surface area (Å²) < 4.78 is 2.47. The summed E-state index contributed by atoms with van der Waals surface area (Å²) in [5.41, 5.74) is 4.28. The zero-order valence-corrected chi connectivity index (χ0v) is 12.1. The molecule has 2 heteroatoms. The molecule has 0 aromatic carbocycles. The lowest BCUT2D eigenvalue weighted by Gasteiger charge is -2.17. The molecule has 0 saturated carbocycles. The highest BCUT2D eigenvalue weighted by Crippen LogP contribution is 2.22. The summed E-state index contributed by atoms with van der Waals surface area (Å²) in [6.07, 6.45) is 3.72. The quantitative estimate of drug-likeness (QED) is 0.709. The van der Waals surface area contributed by atoms with Crippen LogP contribution in [-0.2, 0) is 6.54 Å². The van der Waals surface area contributed by atoms with Crippen molar-refractivity contribution in [3.05, 3.63) is 23.0 Å². The smallest absolute Gasteiger partial charge is 0.0305 e. The fourth-order valence-corrected chi connectivity index (χ4v) is 2.41. The fraction of sp³-hybridized carbons (Fsp3) is 0.733. The van der Waals surface area contributed by atoms with Crippen molar-refractivity contribution in [3.8, 4) is 0 Å². The summed E-state index contributed by atoms with van der Waals surface area (Å²) in [4.78, 5) is 0. The van der Waals surface area contributed by atoms with Gasteiger partial charge in [0.25, 0.3) is 0 Å². The third-order valence-corrected chi connectivity index (χ3v) is 3.64. The standard InChI is InChI=1S/C15H28N2/c1-6-8-9-16-11-15-10-13(4)17(14(15)5)12(3)7-2/h10,12,16H,6-9,11H2,1-5H3/t12-/m1/s1. The Labute approximate surface area is 106 Å². The minimum absolute atomic E-state index is 0.611. The molecule has 0 saturated heterocycles. The van der Waals surface area contributed by atoms with Crippen LogP contribution in [0.15, 0.2) is 6.07 Å². The van der Waals surface area contributed by atoms with Gasteiger partial charge < -0.3 is 9.88 Å². The van der Waals surface area contributed by atoms with Gasteiger partial charge in [0.15, 0.2) is 0 Å². The van der Waals surface area contributed by atoms with Crippen molar-refractivity contribution in [1.82, 2.24) is 9.88 Å². The average Bonchev–Trinajstić information content (AvgIpc) is 2.59. The molecule has 17 heavy (non-hydrogen) atoms. The Morgan fingerprint density at radius 1 is 1.29 bits per heavy atom. The van der Waals surface area contributed by atoms with E-state index in [-0.39, 0.29) is 0 Å². The zero-order chi connectivity index (χ0) is 12.8. The first-order chi connectivity index (χ1) is 8.11. The molecule has 0 bridgehead atoms. The van der Waals surface area contributed by atoms with Crippen LogP contribution in [-0.4, -0.2) is 11.1 Å². The van der Waals surface area contributed by atoms with E-state index in [4.69, 9.17) is 0 Å². The van der Waals surface area contributed by atoms with Crippen LogP contribution in [0.25, 0.3) is 0 Å². The summed E-state index contributed by atoms with van der Waals surface area (Å²) in [5.74, 6) is 0. The van der Waals surface area contributed by atoms with Crippen LogP contribution in [0.2, 0.25) is 0 Å². The van der Waals surface area contributed by atoms with E-state index in [0.717, 1.165) is 13.1 Å². The molecule has 1 N–H and O–H groups in total. The maximum Gasteiger partial charge on any atom is 0.0305 e. The van der Waals surface area contributed by atoms with Crippen LogP contribution in [0, 0.1) is 13.8 Å². The molecule has 1 aromatic rings. The molecule has 1 heterocycles. The van der Waals surface area contributed by atoms with E-state index in [0.29, 0.717) is 6.04 Å². The Morgan fingerprint density at radius 2 is 2.00 bits per heavy atom. The minimum atomic E-state index is 0.611. The highest BCUT2D eigenvalue weighted by Gasteiger charge is 2.12.